The summed E-state index contributed by atoms with van der Waals surface area (Å²) < 4.78 is 4.73. The Morgan fingerprint density at radius 3 is 2.81 bits per heavy atom. The van der Waals surface area contributed by atoms with E-state index in [9.17, 15) is 9.59 Å². The molecule has 1 atom stereocenters. The summed E-state index contributed by atoms with van der Waals surface area (Å²) in [6, 6.07) is 5.59. The first kappa shape index (κ1) is 15.7. The Bertz CT molecular complexity index is 608. The van der Waals surface area contributed by atoms with E-state index < -0.39 is 5.91 Å². The van der Waals surface area contributed by atoms with E-state index in [-0.39, 0.29) is 18.4 Å². The lowest BCUT2D eigenvalue weighted by Gasteiger charge is -2.15. The Kier molecular flexibility index (Phi) is 5.49. The number of methoxy groups -OCH3 is 1. The highest BCUT2D eigenvalue weighted by Gasteiger charge is 2.17. The second-order valence-electron chi connectivity index (χ2n) is 4.40. The summed E-state index contributed by atoms with van der Waals surface area (Å²) in [5.74, 6) is -0.688. The molecule has 3 N–H and O–H groups in total. The normalized spacial score (nSPS) is 12.0. The minimum Gasteiger partial charge on any atom is -0.469 e. The molecule has 112 valence electrons. The van der Waals surface area contributed by atoms with Crippen molar-refractivity contribution in [2.75, 3.05) is 7.11 Å². The van der Waals surface area contributed by atoms with Crippen LogP contribution in [0.2, 0.25) is 0 Å². The molecule has 1 amide bonds. The average molecular weight is 324 g/mol. The summed E-state index contributed by atoms with van der Waals surface area (Å²) in [5, 5.41) is 7.03. The fourth-order valence-corrected chi connectivity index (χ4v) is 3.47. The number of rotatable bonds is 7. The molecule has 7 heteroatoms. The van der Waals surface area contributed by atoms with Gasteiger partial charge in [0.05, 0.1) is 25.1 Å². The van der Waals surface area contributed by atoms with Gasteiger partial charge in [-0.25, -0.2) is 0 Å². The first-order chi connectivity index (χ1) is 10.1. The molecular formula is C14H16N2O3S2. The van der Waals surface area contributed by atoms with E-state index in [1.165, 1.54) is 18.4 Å². The van der Waals surface area contributed by atoms with Gasteiger partial charge in [0.1, 0.15) is 0 Å². The highest BCUT2D eigenvalue weighted by atomic mass is 32.1. The van der Waals surface area contributed by atoms with Crippen molar-refractivity contribution < 1.29 is 14.3 Å². The van der Waals surface area contributed by atoms with E-state index in [1.807, 2.05) is 17.5 Å². The molecule has 2 heterocycles. The van der Waals surface area contributed by atoms with Crippen LogP contribution in [-0.4, -0.2) is 19.0 Å². The molecule has 0 saturated carbocycles. The van der Waals surface area contributed by atoms with Crippen LogP contribution in [0.4, 0.5) is 0 Å². The first-order valence-electron chi connectivity index (χ1n) is 6.31. The van der Waals surface area contributed by atoms with Gasteiger partial charge in [-0.1, -0.05) is 6.07 Å². The Balaban J connectivity index is 2.01. The number of nitrogens with one attached hydrogen (secondary N) is 1. The molecule has 0 aliphatic rings. The van der Waals surface area contributed by atoms with Crippen LogP contribution in [0.15, 0.2) is 29.0 Å². The fraction of sp³-hybridized carbons (Fsp3) is 0.286. The van der Waals surface area contributed by atoms with Crippen LogP contribution in [-0.2, 0) is 16.1 Å². The maximum absolute atomic E-state index is 11.5. The van der Waals surface area contributed by atoms with Gasteiger partial charge in [-0.15, -0.1) is 22.7 Å². The summed E-state index contributed by atoms with van der Waals surface area (Å²) in [4.78, 5) is 24.7. The number of esters is 1. The first-order valence-corrected chi connectivity index (χ1v) is 8.07. The SMILES string of the molecule is COC(=O)CC(NCc1cc(C(N)=O)cs1)c1cccs1. The van der Waals surface area contributed by atoms with Gasteiger partial charge >= 0.3 is 5.97 Å². The Morgan fingerprint density at radius 2 is 2.24 bits per heavy atom. The third-order valence-electron chi connectivity index (χ3n) is 2.95. The lowest BCUT2D eigenvalue weighted by atomic mass is 10.1. The number of hydrogen-bond acceptors (Lipinski definition) is 6. The summed E-state index contributed by atoms with van der Waals surface area (Å²) in [6.07, 6.45) is 0.269. The van der Waals surface area contributed by atoms with Crippen LogP contribution >= 0.6 is 22.7 Å². The summed E-state index contributed by atoms with van der Waals surface area (Å²) in [5.41, 5.74) is 5.74. The van der Waals surface area contributed by atoms with Gasteiger partial charge < -0.3 is 15.8 Å². The summed E-state index contributed by atoms with van der Waals surface area (Å²) in [6.45, 7) is 0.567. The maximum atomic E-state index is 11.5. The van der Waals surface area contributed by atoms with Crippen molar-refractivity contribution in [2.24, 2.45) is 5.73 Å². The van der Waals surface area contributed by atoms with Crippen LogP contribution < -0.4 is 11.1 Å². The van der Waals surface area contributed by atoms with E-state index in [2.05, 4.69) is 5.32 Å². The van der Waals surface area contributed by atoms with Crippen LogP contribution in [0, 0.1) is 0 Å². The van der Waals surface area contributed by atoms with Gasteiger partial charge in [-0.2, -0.15) is 0 Å². The third-order valence-corrected chi connectivity index (χ3v) is 4.87. The molecule has 21 heavy (non-hydrogen) atoms. The smallest absolute Gasteiger partial charge is 0.307 e. The highest BCUT2D eigenvalue weighted by Crippen LogP contribution is 2.24. The van der Waals surface area contributed by atoms with Crippen LogP contribution in [0.3, 0.4) is 0 Å². The number of carbonyl (C=O) groups excluding carboxylic acids is 2. The molecule has 1 unspecified atom stereocenters. The molecule has 0 aromatic carbocycles. The molecular weight excluding hydrogens is 308 g/mol. The van der Waals surface area contributed by atoms with Gasteiger partial charge in [0.25, 0.3) is 0 Å². The molecule has 0 radical (unpaired) electrons. The van der Waals surface area contributed by atoms with Crippen molar-refractivity contribution >= 4 is 34.6 Å². The number of thiophene rings is 2. The molecule has 0 fully saturated rings. The molecule has 2 aromatic rings. The van der Waals surface area contributed by atoms with E-state index >= 15 is 0 Å². The number of ether oxygens (including phenoxy) is 1. The lowest BCUT2D eigenvalue weighted by molar-refractivity contribution is -0.141. The van der Waals surface area contributed by atoms with Gasteiger partial charge in [0, 0.05) is 21.7 Å². The van der Waals surface area contributed by atoms with E-state index in [0.29, 0.717) is 12.1 Å². The maximum Gasteiger partial charge on any atom is 0.307 e. The minimum atomic E-state index is -0.429. The summed E-state index contributed by atoms with van der Waals surface area (Å²) in [7, 11) is 1.38. The van der Waals surface area contributed by atoms with Gasteiger partial charge in [-0.05, 0) is 17.5 Å². The number of nitrogens with two attached hydrogens (primary N) is 1. The van der Waals surface area contributed by atoms with Crippen LogP contribution in [0.25, 0.3) is 0 Å². The number of amides is 1. The average Bonchev–Trinajstić information content (AvgIpc) is 3.14. The van der Waals surface area contributed by atoms with Crippen molar-refractivity contribution in [1.29, 1.82) is 0 Å². The minimum absolute atomic E-state index is 0.100. The molecule has 0 bridgehead atoms. The monoisotopic (exact) mass is 324 g/mol. The number of hydrogen-bond donors (Lipinski definition) is 2. The zero-order valence-corrected chi connectivity index (χ0v) is 13.1. The largest absolute Gasteiger partial charge is 0.469 e. The molecule has 2 rings (SSSR count). The molecule has 0 aliphatic carbocycles. The second kappa shape index (κ2) is 7.35. The summed E-state index contributed by atoms with van der Waals surface area (Å²) >= 11 is 3.05. The van der Waals surface area contributed by atoms with Crippen molar-refractivity contribution in [1.82, 2.24) is 5.32 Å². The molecule has 2 aromatic heterocycles. The van der Waals surface area contributed by atoms with Crippen LogP contribution in [0.1, 0.15) is 32.6 Å². The molecule has 0 saturated heterocycles. The predicted molar refractivity (Wildman–Crippen MR) is 83.4 cm³/mol. The predicted octanol–water partition coefficient (Wildman–Crippen LogP) is 2.30. The molecule has 0 aliphatic heterocycles. The van der Waals surface area contributed by atoms with Crippen molar-refractivity contribution in [3.8, 4) is 0 Å². The lowest BCUT2D eigenvalue weighted by Crippen LogP contribution is -2.23. The molecule has 5 nitrogen and oxygen atoms in total. The standard InChI is InChI=1S/C14H16N2O3S2/c1-19-13(17)6-11(12-3-2-4-20-12)16-7-10-5-9(8-21-10)14(15)18/h2-5,8,11,16H,6-7H2,1H3,(H2,15,18). The van der Waals surface area contributed by atoms with Crippen molar-refractivity contribution in [3.63, 3.8) is 0 Å². The van der Waals surface area contributed by atoms with Crippen molar-refractivity contribution in [3.05, 3.63) is 44.3 Å². The second-order valence-corrected chi connectivity index (χ2v) is 6.37. The molecule has 0 spiro atoms. The van der Waals surface area contributed by atoms with Gasteiger partial charge in [-0.3, -0.25) is 9.59 Å². The topological polar surface area (TPSA) is 81.4 Å². The van der Waals surface area contributed by atoms with E-state index in [0.717, 1.165) is 9.75 Å². The number of carbonyl (C=O) groups is 2. The number of primary amides is 1. The van der Waals surface area contributed by atoms with E-state index in [4.69, 9.17) is 10.5 Å². The van der Waals surface area contributed by atoms with Gasteiger partial charge in [0.2, 0.25) is 5.91 Å². The quantitative estimate of drug-likeness (QED) is 0.766. The Hall–Kier alpha value is -1.70. The Morgan fingerprint density at radius 1 is 1.43 bits per heavy atom. The van der Waals surface area contributed by atoms with Gasteiger partial charge in [0.15, 0.2) is 0 Å². The highest BCUT2D eigenvalue weighted by molar-refractivity contribution is 7.10. The van der Waals surface area contributed by atoms with Crippen molar-refractivity contribution in [2.45, 2.75) is 19.0 Å². The van der Waals surface area contributed by atoms with E-state index in [1.54, 1.807) is 22.8 Å². The zero-order chi connectivity index (χ0) is 15.2. The van der Waals surface area contributed by atoms with Crippen LogP contribution in [0.5, 0.6) is 0 Å². The Labute approximate surface area is 130 Å². The third kappa shape index (κ3) is 4.38. The zero-order valence-electron chi connectivity index (χ0n) is 11.5. The fourth-order valence-electron chi connectivity index (χ4n) is 1.84.